The van der Waals surface area contributed by atoms with Crippen molar-refractivity contribution >= 4 is 34.8 Å². The molecule has 0 radical (unpaired) electrons. The van der Waals surface area contributed by atoms with Crippen LogP contribution < -0.4 is 10.2 Å². The van der Waals surface area contributed by atoms with Crippen molar-refractivity contribution in [2.45, 2.75) is 45.7 Å². The van der Waals surface area contributed by atoms with Crippen LogP contribution in [0, 0.1) is 5.92 Å². The predicted molar refractivity (Wildman–Crippen MR) is 123 cm³/mol. The van der Waals surface area contributed by atoms with Gasteiger partial charge in [0.15, 0.2) is 0 Å². The lowest BCUT2D eigenvalue weighted by Crippen LogP contribution is -2.39. The fraction of sp³-hybridized carbons (Fsp3) is 0.417. The molecular formula is C24H30ClN3O2. The summed E-state index contributed by atoms with van der Waals surface area (Å²) in [4.78, 5) is 29.6. The Hall–Kier alpha value is -2.53. The smallest absolute Gasteiger partial charge is 0.257 e. The molecule has 1 N–H and O–H groups in total. The lowest BCUT2D eigenvalue weighted by molar-refractivity contribution is -0.135. The van der Waals surface area contributed by atoms with E-state index >= 15 is 0 Å². The highest BCUT2D eigenvalue weighted by Crippen LogP contribution is 2.34. The summed E-state index contributed by atoms with van der Waals surface area (Å²) in [5.41, 5.74) is 3.15. The number of halogens is 1. The quantitative estimate of drug-likeness (QED) is 0.630. The Kier molecular flexibility index (Phi) is 7.03. The Morgan fingerprint density at radius 3 is 2.47 bits per heavy atom. The van der Waals surface area contributed by atoms with Gasteiger partial charge in [-0.3, -0.25) is 9.59 Å². The highest BCUT2D eigenvalue weighted by atomic mass is 35.5. The molecule has 2 amide bonds. The Balaban J connectivity index is 1.87. The Morgan fingerprint density at radius 2 is 1.87 bits per heavy atom. The summed E-state index contributed by atoms with van der Waals surface area (Å²) in [6, 6.07) is 13.0. The van der Waals surface area contributed by atoms with Gasteiger partial charge in [-0.05, 0) is 62.1 Å². The van der Waals surface area contributed by atoms with E-state index in [2.05, 4.69) is 19.2 Å². The SMILES string of the molecule is CC[C@H](C)N(Cc1cc(NC(=O)c2ccccc2Cl)ccc1N(C)C)C(=O)C1CC1. The van der Waals surface area contributed by atoms with E-state index in [1.54, 1.807) is 24.3 Å². The summed E-state index contributed by atoms with van der Waals surface area (Å²) in [6.07, 6.45) is 2.87. The van der Waals surface area contributed by atoms with E-state index in [1.807, 2.05) is 42.1 Å². The van der Waals surface area contributed by atoms with Crippen molar-refractivity contribution in [2.24, 2.45) is 5.92 Å². The zero-order valence-electron chi connectivity index (χ0n) is 18.1. The number of benzene rings is 2. The van der Waals surface area contributed by atoms with Gasteiger partial charge in [-0.15, -0.1) is 0 Å². The largest absolute Gasteiger partial charge is 0.377 e. The Labute approximate surface area is 184 Å². The van der Waals surface area contributed by atoms with Gasteiger partial charge in [0.25, 0.3) is 5.91 Å². The first-order valence-electron chi connectivity index (χ1n) is 10.5. The minimum absolute atomic E-state index is 0.162. The first kappa shape index (κ1) is 22.2. The molecule has 3 rings (SSSR count). The van der Waals surface area contributed by atoms with Crippen LogP contribution in [0.5, 0.6) is 0 Å². The molecule has 0 bridgehead atoms. The van der Waals surface area contributed by atoms with Crippen LogP contribution in [0.1, 0.15) is 49.0 Å². The Morgan fingerprint density at radius 1 is 1.17 bits per heavy atom. The number of carbonyl (C=O) groups is 2. The van der Waals surface area contributed by atoms with Crippen LogP contribution in [0.2, 0.25) is 5.02 Å². The molecule has 1 atom stereocenters. The van der Waals surface area contributed by atoms with E-state index in [-0.39, 0.29) is 23.8 Å². The number of hydrogen-bond acceptors (Lipinski definition) is 3. The standard InChI is InChI=1S/C24H30ClN3O2/c1-5-16(2)28(24(30)17-10-11-17)15-18-14-19(12-13-22(18)27(3)4)26-23(29)20-8-6-7-9-21(20)25/h6-9,12-14,16-17H,5,10-11,15H2,1-4H3,(H,26,29)/t16-/m0/s1. The molecule has 0 unspecified atom stereocenters. The van der Waals surface area contributed by atoms with Gasteiger partial charge in [0.05, 0.1) is 10.6 Å². The van der Waals surface area contributed by atoms with Crippen LogP contribution in [0.15, 0.2) is 42.5 Å². The normalized spacial score (nSPS) is 14.2. The summed E-state index contributed by atoms with van der Waals surface area (Å²) in [6.45, 7) is 4.72. The maximum absolute atomic E-state index is 12.9. The van der Waals surface area contributed by atoms with Crippen LogP contribution in [-0.2, 0) is 11.3 Å². The number of nitrogens with one attached hydrogen (secondary N) is 1. The summed E-state index contributed by atoms with van der Waals surface area (Å²) in [5, 5.41) is 3.36. The molecule has 0 saturated heterocycles. The van der Waals surface area contributed by atoms with Crippen molar-refractivity contribution in [3.63, 3.8) is 0 Å². The van der Waals surface area contributed by atoms with Gasteiger partial charge in [-0.25, -0.2) is 0 Å². The van der Waals surface area contributed by atoms with E-state index in [1.165, 1.54) is 0 Å². The first-order chi connectivity index (χ1) is 14.3. The number of anilines is 2. The molecule has 2 aromatic carbocycles. The third kappa shape index (κ3) is 5.14. The van der Waals surface area contributed by atoms with E-state index in [0.717, 1.165) is 30.5 Å². The number of amides is 2. The molecule has 1 aliphatic carbocycles. The van der Waals surface area contributed by atoms with E-state index < -0.39 is 0 Å². The predicted octanol–water partition coefficient (Wildman–Crippen LogP) is 5.20. The summed E-state index contributed by atoms with van der Waals surface area (Å²) in [7, 11) is 3.97. The van der Waals surface area contributed by atoms with Gasteiger partial charge >= 0.3 is 0 Å². The molecule has 0 spiro atoms. The average molecular weight is 428 g/mol. The van der Waals surface area contributed by atoms with E-state index in [4.69, 9.17) is 11.6 Å². The van der Waals surface area contributed by atoms with E-state index in [9.17, 15) is 9.59 Å². The zero-order chi connectivity index (χ0) is 21.8. The van der Waals surface area contributed by atoms with E-state index in [0.29, 0.717) is 22.8 Å². The van der Waals surface area contributed by atoms with Crippen molar-refractivity contribution in [1.29, 1.82) is 0 Å². The number of nitrogens with zero attached hydrogens (tertiary/aromatic N) is 2. The lowest BCUT2D eigenvalue weighted by Gasteiger charge is -2.31. The molecule has 0 aromatic heterocycles. The van der Waals surface area contributed by atoms with Crippen molar-refractivity contribution in [1.82, 2.24) is 4.90 Å². The topological polar surface area (TPSA) is 52.7 Å². The molecule has 0 heterocycles. The van der Waals surface area contributed by atoms with Crippen molar-refractivity contribution in [3.05, 3.63) is 58.6 Å². The number of rotatable bonds is 8. The van der Waals surface area contributed by atoms with Crippen LogP contribution in [-0.4, -0.2) is 36.9 Å². The molecule has 6 heteroatoms. The van der Waals surface area contributed by atoms with Gasteiger partial charge in [0.1, 0.15) is 0 Å². The van der Waals surface area contributed by atoms with Gasteiger partial charge in [-0.2, -0.15) is 0 Å². The minimum Gasteiger partial charge on any atom is -0.377 e. The third-order valence-electron chi connectivity index (χ3n) is 5.61. The molecule has 1 aliphatic rings. The highest BCUT2D eigenvalue weighted by Gasteiger charge is 2.35. The summed E-state index contributed by atoms with van der Waals surface area (Å²) in [5.74, 6) is 0.154. The van der Waals surface area contributed by atoms with Crippen LogP contribution >= 0.6 is 11.6 Å². The Bertz CT molecular complexity index is 924. The number of carbonyl (C=O) groups excluding carboxylic acids is 2. The highest BCUT2D eigenvalue weighted by molar-refractivity contribution is 6.34. The van der Waals surface area contributed by atoms with Crippen LogP contribution in [0.4, 0.5) is 11.4 Å². The fourth-order valence-corrected chi connectivity index (χ4v) is 3.71. The fourth-order valence-electron chi connectivity index (χ4n) is 3.49. The van der Waals surface area contributed by atoms with Gasteiger partial charge in [0.2, 0.25) is 5.91 Å². The van der Waals surface area contributed by atoms with Gasteiger partial charge in [-0.1, -0.05) is 30.7 Å². The van der Waals surface area contributed by atoms with Crippen LogP contribution in [0.25, 0.3) is 0 Å². The zero-order valence-corrected chi connectivity index (χ0v) is 18.9. The third-order valence-corrected chi connectivity index (χ3v) is 5.94. The minimum atomic E-state index is -0.253. The lowest BCUT2D eigenvalue weighted by atomic mass is 10.1. The molecular weight excluding hydrogens is 398 g/mol. The second-order valence-corrected chi connectivity index (χ2v) is 8.58. The number of hydrogen-bond donors (Lipinski definition) is 1. The second-order valence-electron chi connectivity index (χ2n) is 8.17. The molecule has 160 valence electrons. The van der Waals surface area contributed by atoms with Crippen molar-refractivity contribution in [2.75, 3.05) is 24.3 Å². The molecule has 0 aliphatic heterocycles. The maximum atomic E-state index is 12.9. The average Bonchev–Trinajstić information content (AvgIpc) is 3.56. The van der Waals surface area contributed by atoms with Crippen molar-refractivity contribution in [3.8, 4) is 0 Å². The maximum Gasteiger partial charge on any atom is 0.257 e. The summed E-state index contributed by atoms with van der Waals surface area (Å²) < 4.78 is 0. The molecule has 30 heavy (non-hydrogen) atoms. The van der Waals surface area contributed by atoms with Gasteiger partial charge in [0, 0.05) is 44.0 Å². The second kappa shape index (κ2) is 9.52. The van der Waals surface area contributed by atoms with Crippen molar-refractivity contribution < 1.29 is 9.59 Å². The first-order valence-corrected chi connectivity index (χ1v) is 10.9. The molecule has 1 fully saturated rings. The van der Waals surface area contributed by atoms with Crippen LogP contribution in [0.3, 0.4) is 0 Å². The van der Waals surface area contributed by atoms with Gasteiger partial charge < -0.3 is 15.1 Å². The molecule has 5 nitrogen and oxygen atoms in total. The monoisotopic (exact) mass is 427 g/mol. The summed E-state index contributed by atoms with van der Waals surface area (Å²) >= 11 is 6.16. The molecule has 2 aromatic rings. The molecule has 1 saturated carbocycles.